The van der Waals surface area contributed by atoms with Crippen LogP contribution in [0.1, 0.15) is 23.7 Å². The van der Waals surface area contributed by atoms with Gasteiger partial charge in [0, 0.05) is 18.4 Å². The summed E-state index contributed by atoms with van der Waals surface area (Å²) in [6, 6.07) is 1.58. The van der Waals surface area contributed by atoms with Gasteiger partial charge in [-0.25, -0.2) is 0 Å². The number of hydrogen-bond donors (Lipinski definition) is 0. The number of nitrogens with zero attached hydrogens (tertiary/aromatic N) is 1. The fourth-order valence-corrected chi connectivity index (χ4v) is 1.52. The summed E-state index contributed by atoms with van der Waals surface area (Å²) in [7, 11) is 1.75. The normalized spacial score (nSPS) is 12.5. The van der Waals surface area contributed by atoms with Crippen LogP contribution in [0, 0.1) is 0 Å². The zero-order valence-electron chi connectivity index (χ0n) is 8.67. The molecule has 0 N–H and O–H groups in total. The number of amides is 1. The van der Waals surface area contributed by atoms with E-state index >= 15 is 0 Å². The summed E-state index contributed by atoms with van der Waals surface area (Å²) in [4.78, 5) is 13.8. The third kappa shape index (κ3) is 3.54. The molecule has 1 amide bonds. The van der Waals surface area contributed by atoms with E-state index in [1.165, 1.54) is 6.26 Å². The topological polar surface area (TPSA) is 33.5 Å². The van der Waals surface area contributed by atoms with Crippen LogP contribution in [-0.2, 0) is 0 Å². The second kappa shape index (κ2) is 5.56. The summed E-state index contributed by atoms with van der Waals surface area (Å²) in [5, 5.41) is 0.152. The molecule has 0 fully saturated rings. The quantitative estimate of drug-likeness (QED) is 0.799. The number of furan rings is 1. The molecule has 0 saturated carbocycles. The van der Waals surface area contributed by atoms with Crippen molar-refractivity contribution in [3.8, 4) is 0 Å². The van der Waals surface area contributed by atoms with E-state index in [-0.39, 0.29) is 11.1 Å². The first-order valence-electron chi connectivity index (χ1n) is 4.65. The van der Waals surface area contributed by atoms with Gasteiger partial charge in [-0.1, -0.05) is 22.9 Å². The van der Waals surface area contributed by atoms with E-state index in [2.05, 4.69) is 15.9 Å². The maximum atomic E-state index is 11.8. The zero-order chi connectivity index (χ0) is 11.4. The Balaban J connectivity index is 2.57. The molecule has 1 atom stereocenters. The minimum atomic E-state index is -0.109. The Morgan fingerprint density at radius 1 is 1.73 bits per heavy atom. The first-order chi connectivity index (χ1) is 7.02. The van der Waals surface area contributed by atoms with Crippen molar-refractivity contribution in [1.82, 2.24) is 4.90 Å². The van der Waals surface area contributed by atoms with Crippen LogP contribution in [0.4, 0.5) is 0 Å². The van der Waals surface area contributed by atoms with Crippen molar-refractivity contribution in [2.75, 3.05) is 13.6 Å². The van der Waals surface area contributed by atoms with E-state index in [1.807, 2.05) is 6.92 Å². The highest BCUT2D eigenvalue weighted by atomic mass is 79.9. The van der Waals surface area contributed by atoms with Crippen LogP contribution in [0.15, 0.2) is 16.7 Å². The molecule has 15 heavy (non-hydrogen) atoms. The molecule has 84 valence electrons. The van der Waals surface area contributed by atoms with Gasteiger partial charge >= 0.3 is 0 Å². The van der Waals surface area contributed by atoms with Crippen molar-refractivity contribution >= 4 is 33.4 Å². The standard InChI is InChI=1S/C10H13BrClNO2/c1-7(11)3-5-13(2)10(14)8-4-6-15-9(8)12/h4,6-7H,3,5H2,1-2H3. The van der Waals surface area contributed by atoms with E-state index in [9.17, 15) is 4.79 Å². The van der Waals surface area contributed by atoms with Gasteiger partial charge in [-0.3, -0.25) is 4.79 Å². The van der Waals surface area contributed by atoms with E-state index in [1.54, 1.807) is 18.0 Å². The second-order valence-corrected chi connectivity index (χ2v) is 5.31. The summed E-state index contributed by atoms with van der Waals surface area (Å²) in [6.45, 7) is 2.73. The van der Waals surface area contributed by atoms with Crippen molar-refractivity contribution in [2.45, 2.75) is 18.2 Å². The minimum Gasteiger partial charge on any atom is -0.452 e. The number of hydrogen-bond acceptors (Lipinski definition) is 2. The molecule has 0 radical (unpaired) electrons. The predicted octanol–water partition coefficient (Wildman–Crippen LogP) is 3.18. The van der Waals surface area contributed by atoms with Gasteiger partial charge in [0.2, 0.25) is 5.22 Å². The molecule has 1 heterocycles. The molecule has 3 nitrogen and oxygen atoms in total. The Morgan fingerprint density at radius 3 is 2.87 bits per heavy atom. The van der Waals surface area contributed by atoms with Crippen molar-refractivity contribution in [3.05, 3.63) is 23.1 Å². The van der Waals surface area contributed by atoms with E-state index in [4.69, 9.17) is 16.0 Å². The molecule has 0 aliphatic rings. The highest BCUT2D eigenvalue weighted by Crippen LogP contribution is 2.18. The molecule has 0 aliphatic heterocycles. The fourth-order valence-electron chi connectivity index (χ4n) is 1.12. The Bertz CT molecular complexity index is 338. The molecule has 0 bridgehead atoms. The molecule has 0 spiro atoms. The molecule has 1 rings (SSSR count). The van der Waals surface area contributed by atoms with Crippen molar-refractivity contribution in [1.29, 1.82) is 0 Å². The summed E-state index contributed by atoms with van der Waals surface area (Å²) in [5.41, 5.74) is 0.418. The van der Waals surface area contributed by atoms with Crippen LogP contribution in [0.3, 0.4) is 0 Å². The molecule has 0 saturated heterocycles. The smallest absolute Gasteiger partial charge is 0.258 e. The minimum absolute atomic E-state index is 0.109. The van der Waals surface area contributed by atoms with Crippen molar-refractivity contribution < 1.29 is 9.21 Å². The maximum absolute atomic E-state index is 11.8. The summed E-state index contributed by atoms with van der Waals surface area (Å²) in [6.07, 6.45) is 2.31. The molecular weight excluding hydrogens is 281 g/mol. The van der Waals surface area contributed by atoms with Gasteiger partial charge in [0.15, 0.2) is 0 Å². The maximum Gasteiger partial charge on any atom is 0.258 e. The number of carbonyl (C=O) groups is 1. The Morgan fingerprint density at radius 2 is 2.40 bits per heavy atom. The van der Waals surface area contributed by atoms with Crippen LogP contribution >= 0.6 is 27.5 Å². The molecule has 1 aromatic rings. The lowest BCUT2D eigenvalue weighted by Gasteiger charge is -2.17. The number of alkyl halides is 1. The third-order valence-corrected chi connectivity index (χ3v) is 2.81. The van der Waals surface area contributed by atoms with Gasteiger partial charge in [-0.05, 0) is 24.1 Å². The average Bonchev–Trinajstić information content (AvgIpc) is 2.59. The van der Waals surface area contributed by atoms with Crippen LogP contribution in [0.2, 0.25) is 5.22 Å². The fraction of sp³-hybridized carbons (Fsp3) is 0.500. The lowest BCUT2D eigenvalue weighted by molar-refractivity contribution is 0.0793. The number of rotatable bonds is 4. The van der Waals surface area contributed by atoms with Crippen molar-refractivity contribution in [2.24, 2.45) is 0 Å². The first-order valence-corrected chi connectivity index (χ1v) is 5.94. The lowest BCUT2D eigenvalue weighted by Crippen LogP contribution is -2.28. The number of carbonyl (C=O) groups excluding carboxylic acids is 1. The van der Waals surface area contributed by atoms with E-state index in [0.717, 1.165) is 6.42 Å². The number of halogens is 2. The average molecular weight is 295 g/mol. The summed E-state index contributed by atoms with van der Waals surface area (Å²) < 4.78 is 4.87. The Kier molecular flexibility index (Phi) is 4.67. The highest BCUT2D eigenvalue weighted by Gasteiger charge is 2.17. The van der Waals surface area contributed by atoms with Crippen molar-refractivity contribution in [3.63, 3.8) is 0 Å². The van der Waals surface area contributed by atoms with E-state index < -0.39 is 0 Å². The van der Waals surface area contributed by atoms with Gasteiger partial charge in [-0.2, -0.15) is 0 Å². The van der Waals surface area contributed by atoms with Gasteiger partial charge < -0.3 is 9.32 Å². The molecule has 5 heteroatoms. The summed E-state index contributed by atoms with van der Waals surface area (Å²) >= 11 is 9.15. The van der Waals surface area contributed by atoms with Crippen LogP contribution in [0.25, 0.3) is 0 Å². The van der Waals surface area contributed by atoms with Gasteiger partial charge in [0.05, 0.1) is 11.8 Å². The Labute approximate surface area is 103 Å². The SMILES string of the molecule is CC(Br)CCN(C)C(=O)c1ccoc1Cl. The largest absolute Gasteiger partial charge is 0.452 e. The highest BCUT2D eigenvalue weighted by molar-refractivity contribution is 9.09. The van der Waals surface area contributed by atoms with Gasteiger partial charge in [0.1, 0.15) is 0 Å². The van der Waals surface area contributed by atoms with Gasteiger partial charge in [0.25, 0.3) is 5.91 Å². The second-order valence-electron chi connectivity index (χ2n) is 3.40. The van der Waals surface area contributed by atoms with E-state index in [0.29, 0.717) is 16.9 Å². The molecule has 0 aliphatic carbocycles. The molecule has 0 aromatic carbocycles. The molecule has 1 aromatic heterocycles. The predicted molar refractivity (Wildman–Crippen MR) is 63.7 cm³/mol. The van der Waals surface area contributed by atoms with Crippen LogP contribution in [0.5, 0.6) is 0 Å². The van der Waals surface area contributed by atoms with Gasteiger partial charge in [-0.15, -0.1) is 0 Å². The monoisotopic (exact) mass is 293 g/mol. The van der Waals surface area contributed by atoms with Crippen LogP contribution in [-0.4, -0.2) is 29.2 Å². The Hall–Kier alpha value is -0.480. The molecule has 1 unspecified atom stereocenters. The summed E-state index contributed by atoms with van der Waals surface area (Å²) in [5.74, 6) is -0.109. The lowest BCUT2D eigenvalue weighted by atomic mass is 10.2. The zero-order valence-corrected chi connectivity index (χ0v) is 11.0. The first kappa shape index (κ1) is 12.6. The van der Waals surface area contributed by atoms with Crippen LogP contribution < -0.4 is 0 Å². The molecular formula is C10H13BrClNO2. The third-order valence-electron chi connectivity index (χ3n) is 2.06.